The molecular weight excluding hydrogens is 392 g/mol. The van der Waals surface area contributed by atoms with Gasteiger partial charge in [0.1, 0.15) is 12.8 Å². The molecule has 0 saturated heterocycles. The minimum absolute atomic E-state index is 0.146. The Hall–Kier alpha value is -3.80. The molecule has 6 nitrogen and oxygen atoms in total. The topological polar surface area (TPSA) is 60.7 Å². The molecule has 0 aliphatic rings. The van der Waals surface area contributed by atoms with E-state index in [9.17, 15) is 4.79 Å². The molecule has 0 aliphatic carbocycles. The summed E-state index contributed by atoms with van der Waals surface area (Å²) in [5.74, 6) is 1.41. The molecule has 3 rings (SSSR count). The van der Waals surface area contributed by atoms with Crippen molar-refractivity contribution in [1.82, 2.24) is 0 Å². The number of carbonyl (C=O) groups excluding carboxylic acids is 1. The molecule has 0 saturated carbocycles. The third-order valence-electron chi connectivity index (χ3n) is 4.55. The summed E-state index contributed by atoms with van der Waals surface area (Å²) in [4.78, 5) is 12.3. The quantitative estimate of drug-likeness (QED) is 0.531. The molecule has 0 aliphatic heterocycles. The minimum Gasteiger partial charge on any atom is -0.495 e. The van der Waals surface area contributed by atoms with Gasteiger partial charge in [0.25, 0.3) is 5.91 Å². The number of anilines is 1. The lowest BCUT2D eigenvalue weighted by molar-refractivity contribution is -0.673. The number of benzene rings is 2. The van der Waals surface area contributed by atoms with Crippen molar-refractivity contribution >= 4 is 23.7 Å². The number of aryl methyl sites for hydroxylation is 1. The number of ether oxygens (including phenoxy) is 3. The fourth-order valence-electron chi connectivity index (χ4n) is 2.98. The molecule has 6 heteroatoms. The first-order valence-corrected chi connectivity index (χ1v) is 10.1. The maximum Gasteiger partial charge on any atom is 0.262 e. The number of rotatable bonds is 9. The third-order valence-corrected chi connectivity index (χ3v) is 4.55. The molecule has 1 aromatic heterocycles. The number of pyridine rings is 1. The van der Waals surface area contributed by atoms with Crippen LogP contribution in [0.3, 0.4) is 0 Å². The maximum atomic E-state index is 12.3. The summed E-state index contributed by atoms with van der Waals surface area (Å²) in [5, 5.41) is 2.80. The summed E-state index contributed by atoms with van der Waals surface area (Å²) in [6, 6.07) is 18.9. The predicted molar refractivity (Wildman–Crippen MR) is 121 cm³/mol. The van der Waals surface area contributed by atoms with Gasteiger partial charge in [-0.15, -0.1) is 0 Å². The van der Waals surface area contributed by atoms with E-state index in [0.29, 0.717) is 29.5 Å². The lowest BCUT2D eigenvalue weighted by Crippen LogP contribution is -2.30. The summed E-state index contributed by atoms with van der Waals surface area (Å²) < 4.78 is 18.7. The van der Waals surface area contributed by atoms with E-state index in [2.05, 4.69) is 5.32 Å². The van der Waals surface area contributed by atoms with E-state index < -0.39 is 0 Å². The van der Waals surface area contributed by atoms with Crippen LogP contribution in [0.4, 0.5) is 5.69 Å². The molecule has 31 heavy (non-hydrogen) atoms. The van der Waals surface area contributed by atoms with Crippen LogP contribution in [-0.4, -0.2) is 26.2 Å². The van der Waals surface area contributed by atoms with Crippen LogP contribution in [0.5, 0.6) is 17.2 Å². The summed E-state index contributed by atoms with van der Waals surface area (Å²) in [6.07, 6.45) is 6.04. The Morgan fingerprint density at radius 2 is 1.77 bits per heavy atom. The number of para-hydroxylation sites is 2. The Bertz CT molecular complexity index is 1060. The number of aromatic nitrogens is 1. The van der Waals surface area contributed by atoms with Gasteiger partial charge < -0.3 is 19.5 Å². The smallest absolute Gasteiger partial charge is 0.262 e. The van der Waals surface area contributed by atoms with Crippen LogP contribution in [0.1, 0.15) is 18.2 Å². The first kappa shape index (κ1) is 21.9. The molecule has 3 aromatic rings. The number of hydrogen-bond acceptors (Lipinski definition) is 4. The van der Waals surface area contributed by atoms with Crippen LogP contribution in [0.2, 0.25) is 0 Å². The van der Waals surface area contributed by atoms with E-state index in [-0.39, 0.29) is 12.5 Å². The molecule has 0 fully saturated rings. The second kappa shape index (κ2) is 10.8. The first-order valence-electron chi connectivity index (χ1n) is 10.1. The Morgan fingerprint density at radius 1 is 0.968 bits per heavy atom. The second-order valence-corrected chi connectivity index (χ2v) is 6.75. The van der Waals surface area contributed by atoms with Gasteiger partial charge in [-0.25, -0.2) is 4.57 Å². The molecule has 2 aromatic carbocycles. The van der Waals surface area contributed by atoms with Crippen molar-refractivity contribution in [2.75, 3.05) is 25.6 Å². The first-order chi connectivity index (χ1) is 15.1. The lowest BCUT2D eigenvalue weighted by Gasteiger charge is -2.13. The van der Waals surface area contributed by atoms with Crippen LogP contribution in [-0.2, 0) is 11.8 Å². The molecular formula is C25H27N2O4+. The van der Waals surface area contributed by atoms with Crippen LogP contribution < -0.4 is 24.1 Å². The van der Waals surface area contributed by atoms with Crippen molar-refractivity contribution in [1.29, 1.82) is 0 Å². The highest BCUT2D eigenvalue weighted by molar-refractivity contribution is 5.93. The fourth-order valence-corrected chi connectivity index (χ4v) is 2.98. The Kier molecular flexibility index (Phi) is 7.65. The average molecular weight is 420 g/mol. The predicted octanol–water partition coefficient (Wildman–Crippen LogP) is 4.11. The number of methoxy groups -OCH3 is 1. The van der Waals surface area contributed by atoms with Crippen molar-refractivity contribution < 1.29 is 23.6 Å². The van der Waals surface area contributed by atoms with E-state index in [1.165, 1.54) is 0 Å². The zero-order valence-electron chi connectivity index (χ0n) is 18.0. The van der Waals surface area contributed by atoms with E-state index in [1.807, 2.05) is 85.4 Å². The van der Waals surface area contributed by atoms with Gasteiger partial charge in [-0.05, 0) is 48.9 Å². The molecule has 0 unspecified atom stereocenters. The number of nitrogens with one attached hydrogen (secondary N) is 1. The molecule has 0 bridgehead atoms. The summed E-state index contributed by atoms with van der Waals surface area (Å²) in [7, 11) is 3.56. The van der Waals surface area contributed by atoms with E-state index in [1.54, 1.807) is 19.2 Å². The number of hydrogen-bond donors (Lipinski definition) is 1. The van der Waals surface area contributed by atoms with Gasteiger partial charge in [0, 0.05) is 18.2 Å². The van der Waals surface area contributed by atoms with E-state index in [0.717, 1.165) is 11.3 Å². The van der Waals surface area contributed by atoms with Crippen LogP contribution >= 0.6 is 0 Å². The maximum absolute atomic E-state index is 12.3. The SMILES string of the molecule is CCOc1cc(/C=C/c2cccc[n+]2C)ccc1OCC(=O)Nc1ccccc1OC. The standard InChI is InChI=1S/C25H26N2O4/c1-4-30-24-17-19(12-14-20-9-7-8-16-27(20)2)13-15-23(24)31-18-25(28)26-21-10-5-6-11-22(21)29-3/h5-17H,4,18H2,1-3H3/p+1/b14-12+. The summed E-state index contributed by atoms with van der Waals surface area (Å²) in [6.45, 7) is 2.25. The van der Waals surface area contributed by atoms with Gasteiger partial charge >= 0.3 is 0 Å². The minimum atomic E-state index is -0.285. The second-order valence-electron chi connectivity index (χ2n) is 6.75. The highest BCUT2D eigenvalue weighted by Crippen LogP contribution is 2.29. The lowest BCUT2D eigenvalue weighted by atomic mass is 10.1. The average Bonchev–Trinajstić information content (AvgIpc) is 2.78. The van der Waals surface area contributed by atoms with Crippen LogP contribution in [0.25, 0.3) is 12.2 Å². The highest BCUT2D eigenvalue weighted by atomic mass is 16.5. The molecule has 1 N–H and O–H groups in total. The van der Waals surface area contributed by atoms with Crippen molar-refractivity contribution in [2.24, 2.45) is 7.05 Å². The normalized spacial score (nSPS) is 10.7. The zero-order valence-corrected chi connectivity index (χ0v) is 18.0. The molecule has 0 spiro atoms. The third kappa shape index (κ3) is 6.09. The zero-order chi connectivity index (χ0) is 22.1. The number of carbonyl (C=O) groups is 1. The Morgan fingerprint density at radius 3 is 2.55 bits per heavy atom. The van der Waals surface area contributed by atoms with Crippen molar-refractivity contribution in [3.8, 4) is 17.2 Å². The summed E-state index contributed by atoms with van der Waals surface area (Å²) in [5.41, 5.74) is 2.64. The van der Waals surface area contributed by atoms with Gasteiger partial charge in [0.2, 0.25) is 5.69 Å². The van der Waals surface area contributed by atoms with Gasteiger partial charge in [-0.2, -0.15) is 0 Å². The molecule has 0 atom stereocenters. The molecule has 160 valence electrons. The van der Waals surface area contributed by atoms with Crippen molar-refractivity contribution in [3.05, 3.63) is 78.1 Å². The van der Waals surface area contributed by atoms with Crippen molar-refractivity contribution in [2.45, 2.75) is 6.92 Å². The fraction of sp³-hybridized carbons (Fsp3) is 0.200. The van der Waals surface area contributed by atoms with Gasteiger partial charge in [0.15, 0.2) is 24.3 Å². The Balaban J connectivity index is 1.68. The molecule has 1 amide bonds. The van der Waals surface area contributed by atoms with Gasteiger partial charge in [0.05, 0.1) is 19.4 Å². The van der Waals surface area contributed by atoms with E-state index >= 15 is 0 Å². The van der Waals surface area contributed by atoms with Crippen molar-refractivity contribution in [3.63, 3.8) is 0 Å². The molecule has 0 radical (unpaired) electrons. The van der Waals surface area contributed by atoms with Crippen LogP contribution in [0.15, 0.2) is 66.9 Å². The van der Waals surface area contributed by atoms with Gasteiger partial charge in [-0.3, -0.25) is 4.79 Å². The number of nitrogens with zero attached hydrogens (tertiary/aromatic N) is 1. The highest BCUT2D eigenvalue weighted by Gasteiger charge is 2.11. The monoisotopic (exact) mass is 419 g/mol. The number of amides is 1. The summed E-state index contributed by atoms with van der Waals surface area (Å²) >= 11 is 0. The Labute approximate surface area is 182 Å². The largest absolute Gasteiger partial charge is 0.495 e. The van der Waals surface area contributed by atoms with E-state index in [4.69, 9.17) is 14.2 Å². The molecule has 1 heterocycles. The van der Waals surface area contributed by atoms with Crippen LogP contribution in [0, 0.1) is 0 Å². The van der Waals surface area contributed by atoms with Gasteiger partial charge in [-0.1, -0.05) is 18.2 Å².